The molecular weight excluding hydrogens is 271 g/mol. The molecule has 0 aliphatic heterocycles. The number of hydrogen-bond acceptors (Lipinski definition) is 2. The Hall–Kier alpha value is -2.69. The van der Waals surface area contributed by atoms with Gasteiger partial charge in [0.05, 0.1) is 6.42 Å². The maximum absolute atomic E-state index is 12.8. The second-order valence-electron chi connectivity index (χ2n) is 4.61. The normalized spacial score (nSPS) is 10.0. The van der Waals surface area contributed by atoms with Crippen LogP contribution in [0.25, 0.3) is 0 Å². The molecule has 0 saturated heterocycles. The number of rotatable bonds is 4. The number of halogens is 1. The zero-order chi connectivity index (χ0) is 15.2. The molecule has 0 aromatic heterocycles. The Morgan fingerprint density at radius 2 is 1.43 bits per heavy atom. The summed E-state index contributed by atoms with van der Waals surface area (Å²) in [5.41, 5.74) is 2.06. The molecule has 0 radical (unpaired) electrons. The lowest BCUT2D eigenvalue weighted by atomic mass is 10.1. The lowest BCUT2D eigenvalue weighted by Crippen LogP contribution is -2.14. The smallest absolute Gasteiger partial charge is 0.228 e. The van der Waals surface area contributed by atoms with Crippen molar-refractivity contribution in [3.05, 3.63) is 59.9 Å². The van der Waals surface area contributed by atoms with E-state index in [1.54, 1.807) is 24.3 Å². The van der Waals surface area contributed by atoms with Gasteiger partial charge in [-0.1, -0.05) is 12.1 Å². The second kappa shape index (κ2) is 6.65. The van der Waals surface area contributed by atoms with Gasteiger partial charge in [-0.15, -0.1) is 0 Å². The van der Waals surface area contributed by atoms with Crippen molar-refractivity contribution in [2.45, 2.75) is 13.3 Å². The van der Waals surface area contributed by atoms with E-state index >= 15 is 0 Å². The fourth-order valence-corrected chi connectivity index (χ4v) is 1.83. The lowest BCUT2D eigenvalue weighted by Gasteiger charge is -2.06. The first kappa shape index (κ1) is 14.7. The highest BCUT2D eigenvalue weighted by molar-refractivity contribution is 5.92. The zero-order valence-corrected chi connectivity index (χ0v) is 11.5. The number of nitrogens with one attached hydrogen (secondary N) is 2. The zero-order valence-electron chi connectivity index (χ0n) is 11.5. The third kappa shape index (κ3) is 4.72. The summed E-state index contributed by atoms with van der Waals surface area (Å²) in [6.07, 6.45) is 0.206. The molecule has 4 nitrogen and oxygen atoms in total. The van der Waals surface area contributed by atoms with Gasteiger partial charge in [-0.05, 0) is 42.0 Å². The summed E-state index contributed by atoms with van der Waals surface area (Å²) in [7, 11) is 0. The van der Waals surface area contributed by atoms with Crippen LogP contribution in [0.15, 0.2) is 48.5 Å². The number of amides is 2. The van der Waals surface area contributed by atoms with Crippen LogP contribution in [-0.4, -0.2) is 11.8 Å². The average molecular weight is 286 g/mol. The SMILES string of the molecule is CC(=O)Nc1ccc(CC(=O)Nc2ccc(F)cc2)cc1. The number of carbonyl (C=O) groups excluding carboxylic acids is 2. The van der Waals surface area contributed by atoms with Crippen LogP contribution in [0.5, 0.6) is 0 Å². The number of carbonyl (C=O) groups is 2. The fraction of sp³-hybridized carbons (Fsp3) is 0.125. The maximum Gasteiger partial charge on any atom is 0.228 e. The number of benzene rings is 2. The summed E-state index contributed by atoms with van der Waals surface area (Å²) >= 11 is 0. The van der Waals surface area contributed by atoms with Crippen molar-refractivity contribution in [2.24, 2.45) is 0 Å². The van der Waals surface area contributed by atoms with Gasteiger partial charge in [0.1, 0.15) is 5.82 Å². The molecule has 0 saturated carbocycles. The molecule has 2 amide bonds. The molecule has 2 aromatic rings. The van der Waals surface area contributed by atoms with Crippen LogP contribution in [0, 0.1) is 5.82 Å². The van der Waals surface area contributed by atoms with Gasteiger partial charge in [0, 0.05) is 18.3 Å². The standard InChI is InChI=1S/C16H15FN2O2/c1-11(20)18-14-6-2-12(3-7-14)10-16(21)19-15-8-4-13(17)5-9-15/h2-9H,10H2,1H3,(H,18,20)(H,19,21). The van der Waals surface area contributed by atoms with E-state index in [0.717, 1.165) is 5.56 Å². The van der Waals surface area contributed by atoms with Crippen molar-refractivity contribution >= 4 is 23.2 Å². The van der Waals surface area contributed by atoms with Crippen LogP contribution >= 0.6 is 0 Å². The van der Waals surface area contributed by atoms with Gasteiger partial charge >= 0.3 is 0 Å². The summed E-state index contributed by atoms with van der Waals surface area (Å²) < 4.78 is 12.8. The Morgan fingerprint density at radius 1 is 0.905 bits per heavy atom. The van der Waals surface area contributed by atoms with Crippen molar-refractivity contribution in [1.29, 1.82) is 0 Å². The minimum Gasteiger partial charge on any atom is -0.326 e. The van der Waals surface area contributed by atoms with E-state index in [-0.39, 0.29) is 24.1 Å². The van der Waals surface area contributed by atoms with Crippen molar-refractivity contribution in [3.8, 4) is 0 Å². The van der Waals surface area contributed by atoms with Gasteiger partial charge in [-0.2, -0.15) is 0 Å². The first-order chi connectivity index (χ1) is 10.0. The minimum absolute atomic E-state index is 0.142. The number of anilines is 2. The van der Waals surface area contributed by atoms with Gasteiger partial charge in [-0.3, -0.25) is 9.59 Å². The number of hydrogen-bond donors (Lipinski definition) is 2. The van der Waals surface area contributed by atoms with Gasteiger partial charge in [0.2, 0.25) is 11.8 Å². The molecule has 0 fully saturated rings. The molecule has 0 unspecified atom stereocenters. The Bertz CT molecular complexity index is 636. The fourth-order valence-electron chi connectivity index (χ4n) is 1.83. The molecule has 0 bridgehead atoms. The summed E-state index contributed by atoms with van der Waals surface area (Å²) in [5, 5.41) is 5.34. The summed E-state index contributed by atoms with van der Waals surface area (Å²) in [4.78, 5) is 22.8. The van der Waals surface area contributed by atoms with E-state index in [2.05, 4.69) is 10.6 Å². The molecule has 0 atom stereocenters. The Balaban J connectivity index is 1.93. The second-order valence-corrected chi connectivity index (χ2v) is 4.61. The minimum atomic E-state index is -0.346. The first-order valence-electron chi connectivity index (χ1n) is 6.45. The Kier molecular flexibility index (Phi) is 4.66. The molecular formula is C16H15FN2O2. The van der Waals surface area contributed by atoms with E-state index in [4.69, 9.17) is 0 Å². The highest BCUT2D eigenvalue weighted by Gasteiger charge is 2.05. The highest BCUT2D eigenvalue weighted by atomic mass is 19.1. The highest BCUT2D eigenvalue weighted by Crippen LogP contribution is 2.12. The van der Waals surface area contributed by atoms with Crippen molar-refractivity contribution < 1.29 is 14.0 Å². The van der Waals surface area contributed by atoms with Crippen molar-refractivity contribution in [3.63, 3.8) is 0 Å². The molecule has 2 N–H and O–H groups in total. The Labute approximate surface area is 122 Å². The monoisotopic (exact) mass is 286 g/mol. The lowest BCUT2D eigenvalue weighted by molar-refractivity contribution is -0.116. The van der Waals surface area contributed by atoms with Gasteiger partial charge in [0.25, 0.3) is 0 Å². The summed E-state index contributed by atoms with van der Waals surface area (Å²) in [6, 6.07) is 12.6. The quantitative estimate of drug-likeness (QED) is 0.907. The Morgan fingerprint density at radius 3 is 2.00 bits per heavy atom. The van der Waals surface area contributed by atoms with Crippen LogP contribution in [0.1, 0.15) is 12.5 Å². The van der Waals surface area contributed by atoms with Crippen molar-refractivity contribution in [1.82, 2.24) is 0 Å². The molecule has 21 heavy (non-hydrogen) atoms. The van der Waals surface area contributed by atoms with Crippen LogP contribution in [0.2, 0.25) is 0 Å². The third-order valence-corrected chi connectivity index (χ3v) is 2.77. The van der Waals surface area contributed by atoms with E-state index in [9.17, 15) is 14.0 Å². The summed E-state index contributed by atoms with van der Waals surface area (Å²) in [6.45, 7) is 1.43. The van der Waals surface area contributed by atoms with E-state index in [1.807, 2.05) is 0 Å². The average Bonchev–Trinajstić information content (AvgIpc) is 2.43. The topological polar surface area (TPSA) is 58.2 Å². The van der Waals surface area contributed by atoms with Gasteiger partial charge in [0.15, 0.2) is 0 Å². The van der Waals surface area contributed by atoms with E-state index < -0.39 is 0 Å². The molecule has 2 rings (SSSR count). The van der Waals surface area contributed by atoms with E-state index in [1.165, 1.54) is 31.2 Å². The van der Waals surface area contributed by atoms with Crippen LogP contribution in [0.3, 0.4) is 0 Å². The molecule has 0 aliphatic carbocycles. The molecule has 0 aliphatic rings. The van der Waals surface area contributed by atoms with E-state index in [0.29, 0.717) is 11.4 Å². The van der Waals surface area contributed by atoms with Gasteiger partial charge in [-0.25, -0.2) is 4.39 Å². The third-order valence-electron chi connectivity index (χ3n) is 2.77. The molecule has 2 aromatic carbocycles. The molecule has 0 heterocycles. The van der Waals surface area contributed by atoms with Crippen LogP contribution < -0.4 is 10.6 Å². The predicted molar refractivity (Wildman–Crippen MR) is 79.5 cm³/mol. The maximum atomic E-state index is 12.8. The first-order valence-corrected chi connectivity index (χ1v) is 6.45. The molecule has 108 valence electrons. The van der Waals surface area contributed by atoms with Crippen LogP contribution in [0.4, 0.5) is 15.8 Å². The largest absolute Gasteiger partial charge is 0.326 e. The van der Waals surface area contributed by atoms with Crippen LogP contribution in [-0.2, 0) is 16.0 Å². The predicted octanol–water partition coefficient (Wildman–Crippen LogP) is 2.97. The molecule has 0 spiro atoms. The van der Waals surface area contributed by atoms with Crippen molar-refractivity contribution in [2.75, 3.05) is 10.6 Å². The summed E-state index contributed by atoms with van der Waals surface area (Å²) in [5.74, 6) is -0.674. The molecule has 5 heteroatoms. The van der Waals surface area contributed by atoms with Gasteiger partial charge < -0.3 is 10.6 Å².